The van der Waals surface area contributed by atoms with Crippen LogP contribution in [0.3, 0.4) is 0 Å². The molecular weight excluding hydrogens is 416 g/mol. The quantitative estimate of drug-likeness (QED) is 0.721. The zero-order valence-electron chi connectivity index (χ0n) is 19.9. The molecule has 2 heterocycles. The molecule has 2 aliphatic heterocycles. The maximum absolute atomic E-state index is 13.0. The van der Waals surface area contributed by atoms with Crippen LogP contribution < -0.4 is 14.8 Å². The highest BCUT2D eigenvalue weighted by Crippen LogP contribution is 2.38. The number of benzene rings is 2. The second kappa shape index (κ2) is 9.86. The molecule has 0 bridgehead atoms. The van der Waals surface area contributed by atoms with E-state index >= 15 is 0 Å². The standard InChI is InChI=1S/C27H34N2O4/c1-27(2,3)21-10-7-19(8-11-21)26(31)28-14-13-25(30)29-15-4-6-22(29)20-9-12-23-24(18-20)33-17-5-16-32-23/h7-12,18,22H,4-6,13-17H2,1-3H3,(H,28,31)/t22-/m0/s1. The van der Waals surface area contributed by atoms with E-state index in [1.165, 1.54) is 5.56 Å². The molecule has 4 rings (SSSR count). The number of hydrogen-bond acceptors (Lipinski definition) is 4. The Morgan fingerprint density at radius 2 is 1.73 bits per heavy atom. The molecule has 2 amide bonds. The van der Waals surface area contributed by atoms with E-state index in [1.807, 2.05) is 47.4 Å². The molecule has 0 saturated carbocycles. The first-order chi connectivity index (χ1) is 15.8. The average Bonchev–Trinajstić information content (AvgIpc) is 3.17. The van der Waals surface area contributed by atoms with E-state index in [2.05, 4.69) is 26.1 Å². The lowest BCUT2D eigenvalue weighted by Gasteiger charge is -2.26. The van der Waals surface area contributed by atoms with Gasteiger partial charge in [-0.05, 0) is 53.6 Å². The third-order valence-corrected chi connectivity index (χ3v) is 6.37. The van der Waals surface area contributed by atoms with Gasteiger partial charge in [-0.25, -0.2) is 0 Å². The van der Waals surface area contributed by atoms with Crippen molar-refractivity contribution < 1.29 is 19.1 Å². The van der Waals surface area contributed by atoms with Crippen molar-refractivity contribution in [1.82, 2.24) is 10.2 Å². The fourth-order valence-electron chi connectivity index (χ4n) is 4.45. The Balaban J connectivity index is 1.33. The number of amides is 2. The van der Waals surface area contributed by atoms with Crippen molar-refractivity contribution in [3.63, 3.8) is 0 Å². The first kappa shape index (κ1) is 23.1. The number of ether oxygens (including phenoxy) is 2. The lowest BCUT2D eigenvalue weighted by molar-refractivity contribution is -0.132. The van der Waals surface area contributed by atoms with Crippen LogP contribution in [0.1, 0.15) is 74.0 Å². The maximum Gasteiger partial charge on any atom is 0.251 e. The SMILES string of the molecule is CC(C)(C)c1ccc(C(=O)NCCC(=O)N2CCC[C@H]2c2ccc3c(c2)OCCCO3)cc1. The molecule has 1 saturated heterocycles. The minimum absolute atomic E-state index is 0.0373. The van der Waals surface area contributed by atoms with Gasteiger partial charge in [0.25, 0.3) is 5.91 Å². The van der Waals surface area contributed by atoms with Gasteiger partial charge < -0.3 is 19.7 Å². The summed E-state index contributed by atoms with van der Waals surface area (Å²) < 4.78 is 11.6. The highest BCUT2D eigenvalue weighted by Gasteiger charge is 2.30. The summed E-state index contributed by atoms with van der Waals surface area (Å²) in [6, 6.07) is 13.7. The van der Waals surface area contributed by atoms with Crippen molar-refractivity contribution in [1.29, 1.82) is 0 Å². The van der Waals surface area contributed by atoms with Crippen molar-refractivity contribution in [2.24, 2.45) is 0 Å². The molecule has 0 aromatic heterocycles. The summed E-state index contributed by atoms with van der Waals surface area (Å²) in [6.07, 6.45) is 3.05. The lowest BCUT2D eigenvalue weighted by Crippen LogP contribution is -2.34. The Labute approximate surface area is 196 Å². The summed E-state index contributed by atoms with van der Waals surface area (Å²) in [7, 11) is 0. The molecule has 176 valence electrons. The number of carbonyl (C=O) groups is 2. The Morgan fingerprint density at radius 3 is 2.45 bits per heavy atom. The average molecular weight is 451 g/mol. The van der Waals surface area contributed by atoms with Gasteiger partial charge in [0.05, 0.1) is 19.3 Å². The monoisotopic (exact) mass is 450 g/mol. The fourth-order valence-corrected chi connectivity index (χ4v) is 4.45. The van der Waals surface area contributed by atoms with Gasteiger partial charge in [-0.3, -0.25) is 9.59 Å². The number of fused-ring (bicyclic) bond motifs is 1. The summed E-state index contributed by atoms with van der Waals surface area (Å²) in [5.41, 5.74) is 2.92. The molecule has 6 nitrogen and oxygen atoms in total. The molecule has 1 N–H and O–H groups in total. The van der Waals surface area contributed by atoms with Crippen molar-refractivity contribution in [3.8, 4) is 11.5 Å². The predicted molar refractivity (Wildman–Crippen MR) is 128 cm³/mol. The van der Waals surface area contributed by atoms with E-state index in [9.17, 15) is 9.59 Å². The van der Waals surface area contributed by atoms with Gasteiger partial charge in [0.15, 0.2) is 11.5 Å². The van der Waals surface area contributed by atoms with Crippen LogP contribution in [-0.4, -0.2) is 43.0 Å². The van der Waals surface area contributed by atoms with E-state index in [0.29, 0.717) is 25.3 Å². The molecule has 0 aliphatic carbocycles. The van der Waals surface area contributed by atoms with Gasteiger partial charge in [-0.1, -0.05) is 39.0 Å². The van der Waals surface area contributed by atoms with Gasteiger partial charge >= 0.3 is 0 Å². The van der Waals surface area contributed by atoms with Crippen LogP contribution in [0.25, 0.3) is 0 Å². The third kappa shape index (κ3) is 5.49. The Hall–Kier alpha value is -3.02. The lowest BCUT2D eigenvalue weighted by atomic mass is 9.87. The summed E-state index contributed by atoms with van der Waals surface area (Å²) in [6.45, 7) is 8.79. The van der Waals surface area contributed by atoms with E-state index in [4.69, 9.17) is 9.47 Å². The molecule has 2 aromatic carbocycles. The Bertz CT molecular complexity index is 994. The first-order valence-electron chi connectivity index (χ1n) is 11.9. The zero-order chi connectivity index (χ0) is 23.4. The highest BCUT2D eigenvalue weighted by atomic mass is 16.5. The maximum atomic E-state index is 13.0. The van der Waals surface area contributed by atoms with Crippen LogP contribution in [0.5, 0.6) is 11.5 Å². The number of nitrogens with zero attached hydrogens (tertiary/aromatic N) is 1. The predicted octanol–water partition coefficient (Wildman–Crippen LogP) is 4.63. The van der Waals surface area contributed by atoms with Gasteiger partial charge in [0.1, 0.15) is 0 Å². The van der Waals surface area contributed by atoms with Crippen molar-refractivity contribution >= 4 is 11.8 Å². The van der Waals surface area contributed by atoms with Crippen LogP contribution in [0.15, 0.2) is 42.5 Å². The van der Waals surface area contributed by atoms with Gasteiger partial charge in [0.2, 0.25) is 5.91 Å². The fraction of sp³-hybridized carbons (Fsp3) is 0.481. The first-order valence-corrected chi connectivity index (χ1v) is 11.9. The van der Waals surface area contributed by atoms with Crippen LogP contribution in [0, 0.1) is 0 Å². The number of nitrogens with one attached hydrogen (secondary N) is 1. The van der Waals surface area contributed by atoms with Crippen molar-refractivity contribution in [3.05, 3.63) is 59.2 Å². The van der Waals surface area contributed by atoms with Gasteiger partial charge in [-0.15, -0.1) is 0 Å². The molecule has 6 heteroatoms. The minimum Gasteiger partial charge on any atom is -0.490 e. The topological polar surface area (TPSA) is 67.9 Å². The second-order valence-corrected chi connectivity index (χ2v) is 9.84. The smallest absolute Gasteiger partial charge is 0.251 e. The molecule has 1 fully saturated rings. The molecule has 1 atom stereocenters. The van der Waals surface area contributed by atoms with Gasteiger partial charge in [0, 0.05) is 31.5 Å². The van der Waals surface area contributed by atoms with Gasteiger partial charge in [-0.2, -0.15) is 0 Å². The molecule has 0 spiro atoms. The number of hydrogen-bond donors (Lipinski definition) is 1. The number of rotatable bonds is 5. The Kier molecular flexibility index (Phi) is 6.91. The summed E-state index contributed by atoms with van der Waals surface area (Å²) in [4.78, 5) is 27.4. The largest absolute Gasteiger partial charge is 0.490 e. The van der Waals surface area contributed by atoms with Crippen LogP contribution in [0.2, 0.25) is 0 Å². The number of carbonyl (C=O) groups excluding carboxylic acids is 2. The molecular formula is C27H34N2O4. The Morgan fingerprint density at radius 1 is 1.00 bits per heavy atom. The molecule has 33 heavy (non-hydrogen) atoms. The van der Waals surface area contributed by atoms with E-state index in [-0.39, 0.29) is 29.7 Å². The van der Waals surface area contributed by atoms with Crippen LogP contribution in [-0.2, 0) is 10.2 Å². The van der Waals surface area contributed by atoms with Crippen LogP contribution in [0.4, 0.5) is 0 Å². The second-order valence-electron chi connectivity index (χ2n) is 9.84. The number of likely N-dealkylation sites (tertiary alicyclic amines) is 1. The minimum atomic E-state index is -0.149. The summed E-state index contributed by atoms with van der Waals surface area (Å²) in [5, 5.41) is 2.89. The summed E-state index contributed by atoms with van der Waals surface area (Å²) in [5.74, 6) is 1.44. The van der Waals surface area contributed by atoms with E-state index < -0.39 is 0 Å². The third-order valence-electron chi connectivity index (χ3n) is 6.37. The molecule has 0 unspecified atom stereocenters. The van der Waals surface area contributed by atoms with Crippen molar-refractivity contribution in [2.45, 2.75) is 57.9 Å². The zero-order valence-corrected chi connectivity index (χ0v) is 19.9. The van der Waals surface area contributed by atoms with Crippen LogP contribution >= 0.6 is 0 Å². The summed E-state index contributed by atoms with van der Waals surface area (Å²) >= 11 is 0. The molecule has 2 aliphatic rings. The van der Waals surface area contributed by atoms with Crippen molar-refractivity contribution in [2.75, 3.05) is 26.3 Å². The molecule has 0 radical (unpaired) electrons. The molecule has 2 aromatic rings. The van der Waals surface area contributed by atoms with E-state index in [1.54, 1.807) is 0 Å². The normalized spacial score (nSPS) is 18.0. The van der Waals surface area contributed by atoms with E-state index in [0.717, 1.165) is 42.9 Å². The highest BCUT2D eigenvalue weighted by molar-refractivity contribution is 5.94.